The summed E-state index contributed by atoms with van der Waals surface area (Å²) in [4.78, 5) is 3.93. The van der Waals surface area contributed by atoms with Crippen LogP contribution < -0.4 is 0 Å². The van der Waals surface area contributed by atoms with E-state index in [1.807, 2.05) is 0 Å². The largest absolute Gasteiger partial charge is 0.223 e. The van der Waals surface area contributed by atoms with Gasteiger partial charge in [-0.25, -0.2) is 17.8 Å². The number of hydrogen-bond acceptors (Lipinski definition) is 3. The molecule has 1 heterocycles. The first-order valence-corrected chi connectivity index (χ1v) is 7.90. The minimum Gasteiger partial charge on any atom is -0.223 e. The number of sulfone groups is 1. The van der Waals surface area contributed by atoms with Crippen molar-refractivity contribution in [1.82, 2.24) is 4.98 Å². The Labute approximate surface area is 125 Å². The third-order valence-electron chi connectivity index (χ3n) is 3.07. The zero-order chi connectivity index (χ0) is 15.0. The zero-order valence-corrected chi connectivity index (χ0v) is 12.2. The van der Waals surface area contributed by atoms with Crippen LogP contribution in [0, 0.1) is 5.82 Å². The molecule has 0 fully saturated rings. The van der Waals surface area contributed by atoms with Gasteiger partial charge in [-0.1, -0.05) is 35.9 Å². The van der Waals surface area contributed by atoms with Crippen LogP contribution in [0.2, 0.25) is 5.15 Å². The maximum atomic E-state index is 12.9. The highest BCUT2D eigenvalue weighted by Crippen LogP contribution is 2.27. The maximum absolute atomic E-state index is 12.9. The third kappa shape index (κ3) is 2.50. The van der Waals surface area contributed by atoms with E-state index in [9.17, 15) is 12.8 Å². The predicted octanol–water partition coefficient (Wildman–Crippen LogP) is 3.86. The molecule has 21 heavy (non-hydrogen) atoms. The highest BCUT2D eigenvalue weighted by molar-refractivity contribution is 7.91. The molecule has 0 bridgehead atoms. The molecule has 3 rings (SSSR count). The normalized spacial score (nSPS) is 11.7. The molecule has 0 aliphatic rings. The van der Waals surface area contributed by atoms with Crippen LogP contribution >= 0.6 is 11.6 Å². The van der Waals surface area contributed by atoms with Crippen LogP contribution in [0.25, 0.3) is 10.8 Å². The lowest BCUT2D eigenvalue weighted by Crippen LogP contribution is -2.05. The van der Waals surface area contributed by atoms with Gasteiger partial charge in [-0.3, -0.25) is 0 Å². The van der Waals surface area contributed by atoms with Crippen molar-refractivity contribution in [2.75, 3.05) is 0 Å². The quantitative estimate of drug-likeness (QED) is 0.532. The highest BCUT2D eigenvalue weighted by Gasteiger charge is 2.20. The summed E-state index contributed by atoms with van der Waals surface area (Å²) in [6.07, 6.45) is 0. The fourth-order valence-corrected chi connectivity index (χ4v) is 3.55. The topological polar surface area (TPSA) is 47.0 Å². The van der Waals surface area contributed by atoms with Gasteiger partial charge in [-0.05, 0) is 35.7 Å². The first kappa shape index (κ1) is 14.0. The number of halogens is 2. The number of rotatable bonds is 2. The van der Waals surface area contributed by atoms with Gasteiger partial charge in [0.05, 0.1) is 4.90 Å². The zero-order valence-electron chi connectivity index (χ0n) is 10.6. The Balaban J connectivity index is 2.21. The predicted molar refractivity (Wildman–Crippen MR) is 78.6 cm³/mol. The van der Waals surface area contributed by atoms with Crippen LogP contribution in [0.5, 0.6) is 0 Å². The van der Waals surface area contributed by atoms with Gasteiger partial charge in [0.1, 0.15) is 11.0 Å². The molecule has 3 aromatic rings. The first-order chi connectivity index (χ1) is 9.98. The van der Waals surface area contributed by atoms with E-state index in [4.69, 9.17) is 11.6 Å². The number of aromatic nitrogens is 1. The molecule has 6 heteroatoms. The van der Waals surface area contributed by atoms with Crippen LogP contribution in [0.4, 0.5) is 4.39 Å². The van der Waals surface area contributed by atoms with E-state index in [0.29, 0.717) is 10.8 Å². The summed E-state index contributed by atoms with van der Waals surface area (Å²) in [6.45, 7) is 0. The summed E-state index contributed by atoms with van der Waals surface area (Å²) < 4.78 is 37.9. The maximum Gasteiger partial charge on any atom is 0.223 e. The Hall–Kier alpha value is -1.98. The van der Waals surface area contributed by atoms with Crippen molar-refractivity contribution in [3.8, 4) is 0 Å². The van der Waals surface area contributed by atoms with Crippen molar-refractivity contribution in [3.05, 3.63) is 65.6 Å². The fourth-order valence-electron chi connectivity index (χ4n) is 2.01. The van der Waals surface area contributed by atoms with E-state index in [2.05, 4.69) is 4.98 Å². The summed E-state index contributed by atoms with van der Waals surface area (Å²) in [5.41, 5.74) is 0. The minimum atomic E-state index is -3.83. The van der Waals surface area contributed by atoms with Gasteiger partial charge in [0.2, 0.25) is 9.84 Å². The second-order valence-corrected chi connectivity index (χ2v) is 6.68. The minimum absolute atomic E-state index is 0.0252. The van der Waals surface area contributed by atoms with E-state index in [-0.39, 0.29) is 15.1 Å². The average molecular weight is 322 g/mol. The van der Waals surface area contributed by atoms with Gasteiger partial charge in [0, 0.05) is 5.39 Å². The molecule has 0 radical (unpaired) electrons. The van der Waals surface area contributed by atoms with Crippen molar-refractivity contribution >= 4 is 32.2 Å². The standard InChI is InChI=1S/C15H9ClFNO2S/c16-15-13-4-2-1-3-10(13)9-14(18-15)21(19,20)12-7-5-11(17)6-8-12/h1-9H. The van der Waals surface area contributed by atoms with Crippen LogP contribution in [0.15, 0.2) is 64.5 Å². The van der Waals surface area contributed by atoms with Crippen LogP contribution in [0.3, 0.4) is 0 Å². The van der Waals surface area contributed by atoms with Crippen molar-refractivity contribution < 1.29 is 12.8 Å². The van der Waals surface area contributed by atoms with Crippen molar-refractivity contribution in [2.24, 2.45) is 0 Å². The molecule has 3 nitrogen and oxygen atoms in total. The Kier molecular flexibility index (Phi) is 3.39. The molecule has 0 aliphatic carbocycles. The first-order valence-electron chi connectivity index (χ1n) is 6.04. The summed E-state index contributed by atoms with van der Waals surface area (Å²) in [5.74, 6) is -0.501. The van der Waals surface area contributed by atoms with Crippen LogP contribution in [-0.2, 0) is 9.84 Å². The molecular weight excluding hydrogens is 313 g/mol. The number of hydrogen-bond donors (Lipinski definition) is 0. The van der Waals surface area contributed by atoms with Crippen LogP contribution in [-0.4, -0.2) is 13.4 Å². The number of benzene rings is 2. The molecular formula is C15H9ClFNO2S. The van der Waals surface area contributed by atoms with Crippen molar-refractivity contribution in [2.45, 2.75) is 9.92 Å². The molecule has 2 aromatic carbocycles. The van der Waals surface area contributed by atoms with E-state index in [1.54, 1.807) is 24.3 Å². The highest BCUT2D eigenvalue weighted by atomic mass is 35.5. The third-order valence-corrected chi connectivity index (χ3v) is 5.01. The average Bonchev–Trinajstić information content (AvgIpc) is 2.47. The van der Waals surface area contributed by atoms with Gasteiger partial charge in [0.15, 0.2) is 5.03 Å². The molecule has 0 unspecified atom stereocenters. The lowest BCUT2D eigenvalue weighted by Gasteiger charge is -2.07. The molecule has 106 valence electrons. The van der Waals surface area contributed by atoms with Gasteiger partial charge < -0.3 is 0 Å². The Bertz CT molecular complexity index is 924. The molecule has 0 aliphatic heterocycles. The smallest absolute Gasteiger partial charge is 0.223 e. The van der Waals surface area contributed by atoms with Crippen molar-refractivity contribution in [1.29, 1.82) is 0 Å². The second kappa shape index (κ2) is 5.09. The summed E-state index contributed by atoms with van der Waals surface area (Å²) in [5, 5.41) is 1.32. The Morgan fingerprint density at radius 2 is 1.67 bits per heavy atom. The summed E-state index contributed by atoms with van der Waals surface area (Å²) >= 11 is 6.05. The SMILES string of the molecule is O=S(=O)(c1ccc(F)cc1)c1cc2ccccc2c(Cl)n1. The summed E-state index contributed by atoms with van der Waals surface area (Å²) in [7, 11) is -3.83. The van der Waals surface area contributed by atoms with Gasteiger partial charge in [-0.15, -0.1) is 0 Å². The van der Waals surface area contributed by atoms with Gasteiger partial charge in [0.25, 0.3) is 0 Å². The van der Waals surface area contributed by atoms with E-state index >= 15 is 0 Å². The van der Waals surface area contributed by atoms with E-state index in [0.717, 1.165) is 12.1 Å². The molecule has 0 N–H and O–H groups in total. The van der Waals surface area contributed by atoms with E-state index < -0.39 is 15.7 Å². The van der Waals surface area contributed by atoms with Gasteiger partial charge >= 0.3 is 0 Å². The number of nitrogens with zero attached hydrogens (tertiary/aromatic N) is 1. The summed E-state index contributed by atoms with van der Waals surface area (Å²) in [6, 6.07) is 13.2. The lowest BCUT2D eigenvalue weighted by atomic mass is 10.2. The van der Waals surface area contributed by atoms with Crippen LogP contribution in [0.1, 0.15) is 0 Å². The lowest BCUT2D eigenvalue weighted by molar-refractivity contribution is 0.591. The number of pyridine rings is 1. The fraction of sp³-hybridized carbons (Fsp3) is 0. The molecule has 0 saturated heterocycles. The van der Waals surface area contributed by atoms with E-state index in [1.165, 1.54) is 18.2 Å². The second-order valence-electron chi connectivity index (χ2n) is 4.43. The number of fused-ring (bicyclic) bond motifs is 1. The van der Waals surface area contributed by atoms with Crippen molar-refractivity contribution in [3.63, 3.8) is 0 Å². The molecule has 0 amide bonds. The molecule has 0 spiro atoms. The monoisotopic (exact) mass is 321 g/mol. The van der Waals surface area contributed by atoms with Gasteiger partial charge in [-0.2, -0.15) is 0 Å². The molecule has 1 aromatic heterocycles. The Morgan fingerprint density at radius 1 is 1.00 bits per heavy atom. The molecule has 0 atom stereocenters. The molecule has 0 saturated carbocycles. The Morgan fingerprint density at radius 3 is 2.38 bits per heavy atom.